The minimum atomic E-state index is -0.359. The van der Waals surface area contributed by atoms with Crippen molar-refractivity contribution in [3.8, 4) is 10.4 Å². The lowest BCUT2D eigenvalue weighted by Gasteiger charge is -2.06. The predicted octanol–water partition coefficient (Wildman–Crippen LogP) is 3.08. The number of benzene rings is 1. The van der Waals surface area contributed by atoms with Gasteiger partial charge in [0.15, 0.2) is 0 Å². The number of carbonyl (C=O) groups is 1. The smallest absolute Gasteiger partial charge is 0.250 e. The van der Waals surface area contributed by atoms with Crippen LogP contribution in [0.2, 0.25) is 0 Å². The maximum atomic E-state index is 11.3. The van der Waals surface area contributed by atoms with Crippen molar-refractivity contribution in [2.24, 2.45) is 5.73 Å². The first-order valence-corrected chi connectivity index (χ1v) is 6.07. The molecular weight excluding hydrogens is 218 g/mol. The summed E-state index contributed by atoms with van der Waals surface area (Å²) in [6, 6.07) is 9.91. The van der Waals surface area contributed by atoms with Gasteiger partial charge in [0.25, 0.3) is 0 Å². The maximum absolute atomic E-state index is 11.3. The molecule has 0 aliphatic carbocycles. The van der Waals surface area contributed by atoms with Gasteiger partial charge >= 0.3 is 0 Å². The van der Waals surface area contributed by atoms with Crippen molar-refractivity contribution in [3.05, 3.63) is 46.8 Å². The lowest BCUT2D eigenvalue weighted by molar-refractivity contribution is 0.100. The van der Waals surface area contributed by atoms with Gasteiger partial charge in [-0.05, 0) is 29.0 Å². The summed E-state index contributed by atoms with van der Waals surface area (Å²) in [5, 5.41) is 1.90. The molecule has 0 saturated heterocycles. The van der Waals surface area contributed by atoms with Crippen LogP contribution in [0.5, 0.6) is 0 Å². The van der Waals surface area contributed by atoms with Gasteiger partial charge in [0.05, 0.1) is 5.56 Å². The molecule has 0 unspecified atom stereocenters. The van der Waals surface area contributed by atoms with Crippen molar-refractivity contribution < 1.29 is 4.79 Å². The molecule has 0 saturated carbocycles. The lowest BCUT2D eigenvalue weighted by Crippen LogP contribution is -2.10. The number of primary amides is 1. The molecule has 1 heterocycles. The third-order valence-electron chi connectivity index (χ3n) is 2.57. The van der Waals surface area contributed by atoms with Crippen LogP contribution in [0.15, 0.2) is 35.7 Å². The third kappa shape index (κ3) is 1.86. The summed E-state index contributed by atoms with van der Waals surface area (Å²) in [5.41, 5.74) is 8.33. The number of carbonyl (C=O) groups excluding carboxylic acids is 1. The van der Waals surface area contributed by atoms with E-state index in [1.54, 1.807) is 17.4 Å². The molecule has 2 nitrogen and oxygen atoms in total. The minimum Gasteiger partial charge on any atom is -0.366 e. The molecule has 0 fully saturated rings. The van der Waals surface area contributed by atoms with Gasteiger partial charge in [0.1, 0.15) is 0 Å². The largest absolute Gasteiger partial charge is 0.366 e. The topological polar surface area (TPSA) is 43.1 Å². The zero-order chi connectivity index (χ0) is 11.5. The Morgan fingerprint density at radius 3 is 2.75 bits per heavy atom. The summed E-state index contributed by atoms with van der Waals surface area (Å²) < 4.78 is 0. The van der Waals surface area contributed by atoms with Crippen molar-refractivity contribution in [1.29, 1.82) is 0 Å². The second-order valence-electron chi connectivity index (χ2n) is 3.54. The summed E-state index contributed by atoms with van der Waals surface area (Å²) in [6.07, 6.45) is 0.951. The molecular formula is C13H13NOS. The Bertz CT molecular complexity index is 516. The maximum Gasteiger partial charge on any atom is 0.250 e. The average Bonchev–Trinajstić information content (AvgIpc) is 2.77. The third-order valence-corrected chi connectivity index (χ3v) is 3.52. The predicted molar refractivity (Wildman–Crippen MR) is 67.7 cm³/mol. The number of hydrogen-bond donors (Lipinski definition) is 1. The second-order valence-corrected chi connectivity index (χ2v) is 4.45. The monoisotopic (exact) mass is 231 g/mol. The molecule has 16 heavy (non-hydrogen) atoms. The normalized spacial score (nSPS) is 10.3. The van der Waals surface area contributed by atoms with E-state index in [4.69, 9.17) is 5.73 Å². The number of nitrogens with two attached hydrogens (primary N) is 1. The van der Waals surface area contributed by atoms with Crippen LogP contribution >= 0.6 is 11.3 Å². The van der Waals surface area contributed by atoms with E-state index in [1.807, 2.05) is 23.6 Å². The van der Waals surface area contributed by atoms with Crippen LogP contribution in [0.4, 0.5) is 0 Å². The lowest BCUT2D eigenvalue weighted by atomic mass is 10.0. The molecule has 0 radical (unpaired) electrons. The Balaban J connectivity index is 2.58. The number of aryl methyl sites for hydroxylation is 1. The molecule has 1 aromatic heterocycles. The Labute approximate surface area is 98.7 Å². The first-order chi connectivity index (χ1) is 7.74. The zero-order valence-corrected chi connectivity index (χ0v) is 9.88. The standard InChI is InChI=1S/C13H13NOS/c1-2-9-5-3-4-6-10(9)12-11(13(14)15)7-8-16-12/h3-8H,2H2,1H3,(H2,14,15). The molecule has 3 heteroatoms. The van der Waals surface area contributed by atoms with E-state index in [0.29, 0.717) is 5.56 Å². The Morgan fingerprint density at radius 2 is 2.06 bits per heavy atom. The first kappa shape index (κ1) is 10.9. The van der Waals surface area contributed by atoms with E-state index in [2.05, 4.69) is 13.0 Å². The highest BCUT2D eigenvalue weighted by Crippen LogP contribution is 2.32. The molecule has 82 valence electrons. The Kier molecular flexibility index (Phi) is 3.06. The van der Waals surface area contributed by atoms with Gasteiger partial charge in [-0.3, -0.25) is 4.79 Å². The molecule has 2 rings (SSSR count). The SMILES string of the molecule is CCc1ccccc1-c1sccc1C(N)=O. The summed E-state index contributed by atoms with van der Waals surface area (Å²) in [4.78, 5) is 12.3. The summed E-state index contributed by atoms with van der Waals surface area (Å²) in [7, 11) is 0. The molecule has 2 N–H and O–H groups in total. The fourth-order valence-corrected chi connectivity index (χ4v) is 2.72. The van der Waals surface area contributed by atoms with Crippen LogP contribution in [-0.2, 0) is 6.42 Å². The van der Waals surface area contributed by atoms with Crippen LogP contribution in [-0.4, -0.2) is 5.91 Å². The number of amides is 1. The fraction of sp³-hybridized carbons (Fsp3) is 0.154. The van der Waals surface area contributed by atoms with Crippen molar-refractivity contribution in [2.45, 2.75) is 13.3 Å². The van der Waals surface area contributed by atoms with Gasteiger partial charge in [0.2, 0.25) is 5.91 Å². The Morgan fingerprint density at radius 1 is 1.31 bits per heavy atom. The average molecular weight is 231 g/mol. The van der Waals surface area contributed by atoms with Crippen LogP contribution < -0.4 is 5.73 Å². The number of rotatable bonds is 3. The molecule has 0 bridgehead atoms. The highest BCUT2D eigenvalue weighted by atomic mass is 32.1. The van der Waals surface area contributed by atoms with Crippen molar-refractivity contribution in [3.63, 3.8) is 0 Å². The van der Waals surface area contributed by atoms with Crippen LogP contribution in [0.1, 0.15) is 22.8 Å². The zero-order valence-electron chi connectivity index (χ0n) is 9.07. The number of thiophene rings is 1. The molecule has 0 spiro atoms. The second kappa shape index (κ2) is 4.49. The van der Waals surface area contributed by atoms with E-state index in [-0.39, 0.29) is 5.91 Å². The highest BCUT2D eigenvalue weighted by Gasteiger charge is 2.13. The van der Waals surface area contributed by atoms with E-state index >= 15 is 0 Å². The van der Waals surface area contributed by atoms with Crippen LogP contribution in [0.25, 0.3) is 10.4 Å². The van der Waals surface area contributed by atoms with Crippen LogP contribution in [0.3, 0.4) is 0 Å². The minimum absolute atomic E-state index is 0.359. The van der Waals surface area contributed by atoms with Crippen molar-refractivity contribution >= 4 is 17.2 Å². The van der Waals surface area contributed by atoms with Crippen LogP contribution in [0, 0.1) is 0 Å². The van der Waals surface area contributed by atoms with E-state index < -0.39 is 0 Å². The molecule has 0 aliphatic heterocycles. The van der Waals surface area contributed by atoms with Gasteiger partial charge in [-0.1, -0.05) is 31.2 Å². The molecule has 2 aromatic rings. The van der Waals surface area contributed by atoms with Gasteiger partial charge in [-0.2, -0.15) is 0 Å². The number of hydrogen-bond acceptors (Lipinski definition) is 2. The summed E-state index contributed by atoms with van der Waals surface area (Å²) in [6.45, 7) is 2.11. The van der Waals surface area contributed by atoms with Crippen molar-refractivity contribution in [1.82, 2.24) is 0 Å². The summed E-state index contributed by atoms with van der Waals surface area (Å²) >= 11 is 1.56. The van der Waals surface area contributed by atoms with E-state index in [0.717, 1.165) is 16.9 Å². The van der Waals surface area contributed by atoms with Gasteiger partial charge in [0, 0.05) is 4.88 Å². The molecule has 0 atom stereocenters. The highest BCUT2D eigenvalue weighted by molar-refractivity contribution is 7.14. The van der Waals surface area contributed by atoms with Gasteiger partial charge in [-0.25, -0.2) is 0 Å². The first-order valence-electron chi connectivity index (χ1n) is 5.19. The van der Waals surface area contributed by atoms with E-state index in [9.17, 15) is 4.79 Å². The van der Waals surface area contributed by atoms with Crippen molar-refractivity contribution in [2.75, 3.05) is 0 Å². The molecule has 1 amide bonds. The van der Waals surface area contributed by atoms with E-state index in [1.165, 1.54) is 5.56 Å². The quantitative estimate of drug-likeness (QED) is 0.866. The fourth-order valence-electron chi connectivity index (χ4n) is 1.76. The van der Waals surface area contributed by atoms with Gasteiger partial charge < -0.3 is 5.73 Å². The Hall–Kier alpha value is -1.61. The summed E-state index contributed by atoms with van der Waals surface area (Å²) in [5.74, 6) is -0.359. The molecule has 0 aliphatic rings. The van der Waals surface area contributed by atoms with Gasteiger partial charge in [-0.15, -0.1) is 11.3 Å². The molecule has 1 aromatic carbocycles.